The van der Waals surface area contributed by atoms with Gasteiger partial charge in [0.2, 0.25) is 0 Å². The van der Waals surface area contributed by atoms with Crippen LogP contribution in [0.4, 0.5) is 10.5 Å². The summed E-state index contributed by atoms with van der Waals surface area (Å²) in [5, 5.41) is 3.44. The Kier molecular flexibility index (Phi) is 4.76. The Morgan fingerprint density at radius 3 is 2.25 bits per heavy atom. The highest BCUT2D eigenvalue weighted by molar-refractivity contribution is 6.30. The topological polar surface area (TPSA) is 65.8 Å². The second-order valence-electron chi connectivity index (χ2n) is 5.65. The van der Waals surface area contributed by atoms with Crippen molar-refractivity contribution in [1.82, 2.24) is 9.80 Å². The molecule has 0 spiro atoms. The van der Waals surface area contributed by atoms with Crippen LogP contribution >= 0.6 is 11.6 Å². The van der Waals surface area contributed by atoms with Crippen LogP contribution in [0.3, 0.4) is 0 Å². The Bertz CT molecular complexity index is 734. The standard InChI is InChI=1S/C17H18ClN3O3/c1-12-6-11-24-15(12)16(22)20-7-9-21(10-8-20)17(23)19-14-4-2-13(18)3-5-14/h2-6,11H,7-10H2,1H3,(H,19,23). The fraction of sp³-hybridized carbons (Fsp3) is 0.294. The summed E-state index contributed by atoms with van der Waals surface area (Å²) in [4.78, 5) is 28.0. The van der Waals surface area contributed by atoms with Crippen molar-refractivity contribution in [2.24, 2.45) is 0 Å². The van der Waals surface area contributed by atoms with Gasteiger partial charge < -0.3 is 19.5 Å². The predicted octanol–water partition coefficient (Wildman–Crippen LogP) is 3.23. The number of nitrogens with zero attached hydrogens (tertiary/aromatic N) is 2. The molecular weight excluding hydrogens is 330 g/mol. The average molecular weight is 348 g/mol. The Balaban J connectivity index is 1.55. The second kappa shape index (κ2) is 6.97. The largest absolute Gasteiger partial charge is 0.459 e. The first-order valence-electron chi connectivity index (χ1n) is 7.69. The lowest BCUT2D eigenvalue weighted by atomic mass is 10.2. The van der Waals surface area contributed by atoms with Crippen LogP contribution < -0.4 is 5.32 Å². The minimum absolute atomic E-state index is 0.129. The fourth-order valence-electron chi connectivity index (χ4n) is 2.58. The molecule has 0 radical (unpaired) electrons. The first-order valence-corrected chi connectivity index (χ1v) is 8.07. The van der Waals surface area contributed by atoms with Gasteiger partial charge in [-0.2, -0.15) is 0 Å². The molecule has 1 aliphatic rings. The van der Waals surface area contributed by atoms with Crippen LogP contribution in [0.15, 0.2) is 41.0 Å². The normalized spacial score (nSPS) is 14.6. The van der Waals surface area contributed by atoms with E-state index in [2.05, 4.69) is 5.32 Å². The van der Waals surface area contributed by atoms with Crippen molar-refractivity contribution in [3.63, 3.8) is 0 Å². The summed E-state index contributed by atoms with van der Waals surface area (Å²) in [5.41, 5.74) is 1.51. The summed E-state index contributed by atoms with van der Waals surface area (Å²) in [6, 6.07) is 8.53. The maximum atomic E-state index is 12.4. The molecule has 0 saturated carbocycles. The Labute approximate surface area is 145 Å². The lowest BCUT2D eigenvalue weighted by Gasteiger charge is -2.34. The number of furan rings is 1. The molecule has 126 valence electrons. The third-order valence-corrected chi connectivity index (χ3v) is 4.26. The minimum Gasteiger partial charge on any atom is -0.459 e. The summed E-state index contributed by atoms with van der Waals surface area (Å²) in [6.07, 6.45) is 1.51. The van der Waals surface area contributed by atoms with Crippen LogP contribution in [0.2, 0.25) is 5.02 Å². The van der Waals surface area contributed by atoms with E-state index in [0.29, 0.717) is 42.6 Å². The van der Waals surface area contributed by atoms with Crippen molar-refractivity contribution in [3.05, 3.63) is 52.9 Å². The highest BCUT2D eigenvalue weighted by Gasteiger charge is 2.27. The lowest BCUT2D eigenvalue weighted by Crippen LogP contribution is -2.51. The number of halogens is 1. The van der Waals surface area contributed by atoms with Crippen LogP contribution in [0.1, 0.15) is 16.1 Å². The summed E-state index contributed by atoms with van der Waals surface area (Å²) >= 11 is 5.83. The summed E-state index contributed by atoms with van der Waals surface area (Å²) in [7, 11) is 0. The van der Waals surface area contributed by atoms with Gasteiger partial charge >= 0.3 is 6.03 Å². The number of carbonyl (C=O) groups is 2. The van der Waals surface area contributed by atoms with E-state index in [4.69, 9.17) is 16.0 Å². The van der Waals surface area contributed by atoms with Crippen molar-refractivity contribution >= 4 is 29.2 Å². The van der Waals surface area contributed by atoms with E-state index in [1.165, 1.54) is 6.26 Å². The molecule has 24 heavy (non-hydrogen) atoms. The van der Waals surface area contributed by atoms with Crippen LogP contribution in [0, 0.1) is 6.92 Å². The molecule has 1 saturated heterocycles. The van der Waals surface area contributed by atoms with Gasteiger partial charge in [-0.25, -0.2) is 4.79 Å². The number of urea groups is 1. The molecule has 0 bridgehead atoms. The van der Waals surface area contributed by atoms with E-state index < -0.39 is 0 Å². The van der Waals surface area contributed by atoms with Crippen LogP contribution in [0.25, 0.3) is 0 Å². The number of hydrogen-bond donors (Lipinski definition) is 1. The molecule has 0 unspecified atom stereocenters. The quantitative estimate of drug-likeness (QED) is 0.907. The van der Waals surface area contributed by atoms with Gasteiger partial charge in [0, 0.05) is 42.5 Å². The third kappa shape index (κ3) is 3.54. The van der Waals surface area contributed by atoms with Crippen LogP contribution in [0.5, 0.6) is 0 Å². The first-order chi connectivity index (χ1) is 11.5. The van der Waals surface area contributed by atoms with Gasteiger partial charge in [-0.3, -0.25) is 4.79 Å². The lowest BCUT2D eigenvalue weighted by molar-refractivity contribution is 0.0639. The highest BCUT2D eigenvalue weighted by Crippen LogP contribution is 2.16. The summed E-state index contributed by atoms with van der Waals surface area (Å²) < 4.78 is 5.25. The van der Waals surface area contributed by atoms with E-state index in [1.54, 1.807) is 40.1 Å². The van der Waals surface area contributed by atoms with E-state index in [-0.39, 0.29) is 11.9 Å². The molecule has 3 rings (SSSR count). The number of aryl methyl sites for hydroxylation is 1. The Hall–Kier alpha value is -2.47. The molecule has 2 aromatic rings. The maximum Gasteiger partial charge on any atom is 0.321 e. The van der Waals surface area contributed by atoms with Crippen molar-refractivity contribution in [1.29, 1.82) is 0 Å². The molecule has 1 aliphatic heterocycles. The van der Waals surface area contributed by atoms with Crippen LogP contribution in [-0.2, 0) is 0 Å². The van der Waals surface area contributed by atoms with Crippen LogP contribution in [-0.4, -0.2) is 47.9 Å². The third-order valence-electron chi connectivity index (χ3n) is 4.01. The molecule has 0 atom stereocenters. The highest BCUT2D eigenvalue weighted by atomic mass is 35.5. The number of carbonyl (C=O) groups excluding carboxylic acids is 2. The molecule has 3 amide bonds. The SMILES string of the molecule is Cc1ccoc1C(=O)N1CCN(C(=O)Nc2ccc(Cl)cc2)CC1. The van der Waals surface area contributed by atoms with E-state index >= 15 is 0 Å². The predicted molar refractivity (Wildman–Crippen MR) is 91.4 cm³/mol. The Morgan fingerprint density at radius 1 is 1.04 bits per heavy atom. The molecule has 1 N–H and O–H groups in total. The van der Waals surface area contributed by atoms with Gasteiger partial charge in [-0.1, -0.05) is 11.6 Å². The zero-order valence-electron chi connectivity index (χ0n) is 13.3. The minimum atomic E-state index is -0.182. The molecule has 1 aromatic heterocycles. The number of rotatable bonds is 2. The maximum absolute atomic E-state index is 12.4. The number of nitrogens with one attached hydrogen (secondary N) is 1. The first kappa shape index (κ1) is 16.4. The van der Waals surface area contributed by atoms with Crippen molar-refractivity contribution in [2.45, 2.75) is 6.92 Å². The van der Waals surface area contributed by atoms with Gasteiger partial charge in [0.15, 0.2) is 5.76 Å². The molecule has 7 heteroatoms. The number of benzene rings is 1. The zero-order chi connectivity index (χ0) is 17.1. The van der Waals surface area contributed by atoms with Crippen molar-refractivity contribution in [3.8, 4) is 0 Å². The molecule has 0 aliphatic carbocycles. The van der Waals surface area contributed by atoms with Gasteiger partial charge in [0.05, 0.1) is 6.26 Å². The fourth-order valence-corrected chi connectivity index (χ4v) is 2.71. The molecular formula is C17H18ClN3O3. The number of amides is 3. The van der Waals surface area contributed by atoms with Gasteiger partial charge in [-0.15, -0.1) is 0 Å². The molecule has 1 fully saturated rings. The zero-order valence-corrected chi connectivity index (χ0v) is 14.0. The van der Waals surface area contributed by atoms with Gasteiger partial charge in [0.1, 0.15) is 0 Å². The second-order valence-corrected chi connectivity index (χ2v) is 6.09. The van der Waals surface area contributed by atoms with E-state index in [9.17, 15) is 9.59 Å². The summed E-state index contributed by atoms with van der Waals surface area (Å²) in [5.74, 6) is 0.240. The van der Waals surface area contributed by atoms with E-state index in [1.807, 2.05) is 6.92 Å². The van der Waals surface area contributed by atoms with E-state index in [0.717, 1.165) is 5.56 Å². The molecule has 1 aromatic carbocycles. The Morgan fingerprint density at radius 2 is 1.67 bits per heavy atom. The van der Waals surface area contributed by atoms with Crippen molar-refractivity contribution < 1.29 is 14.0 Å². The monoisotopic (exact) mass is 347 g/mol. The molecule has 2 heterocycles. The average Bonchev–Trinajstić information content (AvgIpc) is 3.02. The molecule has 6 nitrogen and oxygen atoms in total. The van der Waals surface area contributed by atoms with Crippen molar-refractivity contribution in [2.75, 3.05) is 31.5 Å². The smallest absolute Gasteiger partial charge is 0.321 e. The van der Waals surface area contributed by atoms with Gasteiger partial charge in [0.25, 0.3) is 5.91 Å². The van der Waals surface area contributed by atoms with Gasteiger partial charge in [-0.05, 0) is 37.3 Å². The summed E-state index contributed by atoms with van der Waals surface area (Å²) in [6.45, 7) is 3.75. The number of hydrogen-bond acceptors (Lipinski definition) is 3. The number of piperazine rings is 1. The number of anilines is 1.